The number of hydrogen-bond acceptors (Lipinski definition) is 2. The third-order valence-electron chi connectivity index (χ3n) is 1.09. The summed E-state index contributed by atoms with van der Waals surface area (Å²) in [4.78, 5) is 2.28. The van der Waals surface area contributed by atoms with Gasteiger partial charge in [-0.2, -0.15) is 12.6 Å². The van der Waals surface area contributed by atoms with Crippen molar-refractivity contribution in [2.45, 2.75) is 12.3 Å². The highest BCUT2D eigenvalue weighted by Gasteiger charge is 2.27. The molecule has 0 aromatic heterocycles. The predicted molar refractivity (Wildman–Crippen MR) is 30.0 cm³/mol. The van der Waals surface area contributed by atoms with Crippen molar-refractivity contribution in [3.63, 3.8) is 0 Å². The van der Waals surface area contributed by atoms with Crippen LogP contribution in [0.2, 0.25) is 0 Å². The minimum absolute atomic E-state index is 0.593. The Morgan fingerprint density at radius 2 is 2.50 bits per heavy atom. The van der Waals surface area contributed by atoms with Crippen molar-refractivity contribution < 1.29 is 0 Å². The molecule has 0 radical (unpaired) electrons. The van der Waals surface area contributed by atoms with E-state index in [1.165, 1.54) is 6.54 Å². The Balaban J connectivity index is 2.09. The first-order valence-electron chi connectivity index (χ1n) is 2.26. The van der Waals surface area contributed by atoms with Crippen LogP contribution >= 0.6 is 12.6 Å². The smallest absolute Gasteiger partial charge is 0.0657 e. The summed E-state index contributed by atoms with van der Waals surface area (Å²) < 4.78 is 0. The number of nitrogens with zero attached hydrogens (tertiary/aromatic N) is 1. The van der Waals surface area contributed by atoms with Crippen molar-refractivity contribution >= 4 is 12.6 Å². The first kappa shape index (κ1) is 4.47. The molecular weight excluding hydrogens is 94.1 g/mol. The van der Waals surface area contributed by atoms with Gasteiger partial charge in [-0.1, -0.05) is 6.92 Å². The Hall–Kier alpha value is 0.310. The Bertz CT molecular complexity index is 53.5. The Morgan fingerprint density at radius 1 is 2.00 bits per heavy atom. The molecule has 0 aromatic carbocycles. The Morgan fingerprint density at radius 3 is 2.50 bits per heavy atom. The van der Waals surface area contributed by atoms with Gasteiger partial charge in [-0.25, -0.2) is 0 Å². The van der Waals surface area contributed by atoms with Gasteiger partial charge in [-0.05, 0) is 6.54 Å². The normalized spacial score (nSPS) is 43.0. The molecule has 1 aliphatic heterocycles. The molecule has 0 saturated carbocycles. The van der Waals surface area contributed by atoms with Gasteiger partial charge in [0.1, 0.15) is 0 Å². The van der Waals surface area contributed by atoms with Gasteiger partial charge in [0.25, 0.3) is 0 Å². The van der Waals surface area contributed by atoms with Gasteiger partial charge in [0.15, 0.2) is 0 Å². The average Bonchev–Trinajstić information content (AvgIpc) is 2.19. The largest absolute Gasteiger partial charge is 0.288 e. The minimum Gasteiger partial charge on any atom is -0.288 e. The quantitative estimate of drug-likeness (QED) is 0.375. The molecule has 1 nitrogen and oxygen atoms in total. The van der Waals surface area contributed by atoms with Crippen LogP contribution in [0.4, 0.5) is 0 Å². The van der Waals surface area contributed by atoms with Crippen LogP contribution in [-0.2, 0) is 0 Å². The van der Waals surface area contributed by atoms with Gasteiger partial charge in [0.2, 0.25) is 0 Å². The van der Waals surface area contributed by atoms with E-state index >= 15 is 0 Å². The van der Waals surface area contributed by atoms with E-state index in [0.29, 0.717) is 5.37 Å². The topological polar surface area (TPSA) is 3.01 Å². The van der Waals surface area contributed by atoms with Crippen LogP contribution in [0.15, 0.2) is 0 Å². The van der Waals surface area contributed by atoms with Gasteiger partial charge in [-0.15, -0.1) is 0 Å². The van der Waals surface area contributed by atoms with Gasteiger partial charge in [0.05, 0.1) is 5.37 Å². The Labute approximate surface area is 43.7 Å². The number of likely N-dealkylation sites (N-methyl/N-ethyl adjacent to an activating group) is 1. The van der Waals surface area contributed by atoms with Crippen LogP contribution < -0.4 is 0 Å². The molecule has 6 heavy (non-hydrogen) atoms. The summed E-state index contributed by atoms with van der Waals surface area (Å²) in [6.45, 7) is 4.50. The summed E-state index contributed by atoms with van der Waals surface area (Å²) in [7, 11) is 0. The van der Waals surface area contributed by atoms with Crippen LogP contribution in [0.25, 0.3) is 0 Å². The average molecular weight is 103 g/mol. The predicted octanol–water partition coefficient (Wildman–Crippen LogP) is 0.578. The Kier molecular flexibility index (Phi) is 1.06. The van der Waals surface area contributed by atoms with E-state index in [2.05, 4.69) is 24.5 Å². The fourth-order valence-corrected chi connectivity index (χ4v) is 0.876. The monoisotopic (exact) mass is 103 g/mol. The number of thiol groups is 1. The molecular formula is C4H9NS. The first-order chi connectivity index (χ1) is 2.84. The summed E-state index contributed by atoms with van der Waals surface area (Å²) in [5.74, 6) is 0. The standard InChI is InChI=1S/C4H9NS/c1-2-5-3-4(5)6/h4,6H,2-3H2,1H3. The van der Waals surface area contributed by atoms with E-state index in [1.54, 1.807) is 0 Å². The van der Waals surface area contributed by atoms with E-state index in [1.807, 2.05) is 0 Å². The summed E-state index contributed by atoms with van der Waals surface area (Å²) in [6, 6.07) is 0. The number of rotatable bonds is 1. The summed E-state index contributed by atoms with van der Waals surface area (Å²) in [5.41, 5.74) is 0. The zero-order valence-electron chi connectivity index (χ0n) is 3.89. The van der Waals surface area contributed by atoms with E-state index in [4.69, 9.17) is 0 Å². The second-order valence-electron chi connectivity index (χ2n) is 1.57. The maximum Gasteiger partial charge on any atom is 0.0657 e. The molecule has 0 bridgehead atoms. The summed E-state index contributed by atoms with van der Waals surface area (Å²) in [6.07, 6.45) is 0. The highest BCUT2D eigenvalue weighted by atomic mass is 32.1. The van der Waals surface area contributed by atoms with Crippen molar-refractivity contribution in [1.82, 2.24) is 4.90 Å². The lowest BCUT2D eigenvalue weighted by Gasteiger charge is -1.86. The molecule has 2 atom stereocenters. The van der Waals surface area contributed by atoms with Crippen LogP contribution in [0.5, 0.6) is 0 Å². The van der Waals surface area contributed by atoms with E-state index in [9.17, 15) is 0 Å². The fourth-order valence-electron chi connectivity index (χ4n) is 0.502. The van der Waals surface area contributed by atoms with Crippen LogP contribution in [0.3, 0.4) is 0 Å². The highest BCUT2D eigenvalue weighted by Crippen LogP contribution is 2.18. The van der Waals surface area contributed by atoms with E-state index in [0.717, 1.165) is 6.54 Å². The van der Waals surface area contributed by atoms with E-state index in [-0.39, 0.29) is 0 Å². The molecule has 2 unspecified atom stereocenters. The molecule has 1 fully saturated rings. The second kappa shape index (κ2) is 1.43. The lowest BCUT2D eigenvalue weighted by molar-refractivity contribution is 0.584. The second-order valence-corrected chi connectivity index (χ2v) is 2.16. The third kappa shape index (κ3) is 0.684. The highest BCUT2D eigenvalue weighted by molar-refractivity contribution is 7.81. The molecule has 36 valence electrons. The van der Waals surface area contributed by atoms with E-state index < -0.39 is 0 Å². The van der Waals surface area contributed by atoms with Gasteiger partial charge < -0.3 is 0 Å². The minimum atomic E-state index is 0.593. The van der Waals surface area contributed by atoms with Crippen molar-refractivity contribution in [2.75, 3.05) is 13.1 Å². The van der Waals surface area contributed by atoms with Crippen LogP contribution in [0.1, 0.15) is 6.92 Å². The van der Waals surface area contributed by atoms with Crippen molar-refractivity contribution in [2.24, 2.45) is 0 Å². The summed E-state index contributed by atoms with van der Waals surface area (Å²) in [5, 5.41) is 0.593. The summed E-state index contributed by atoms with van der Waals surface area (Å²) >= 11 is 4.18. The molecule has 1 rings (SSSR count). The molecule has 0 N–H and O–H groups in total. The van der Waals surface area contributed by atoms with Crippen LogP contribution in [-0.4, -0.2) is 23.4 Å². The van der Waals surface area contributed by atoms with Crippen molar-refractivity contribution in [3.05, 3.63) is 0 Å². The molecule has 1 saturated heterocycles. The molecule has 1 heterocycles. The van der Waals surface area contributed by atoms with Gasteiger partial charge in [-0.3, -0.25) is 4.90 Å². The van der Waals surface area contributed by atoms with Crippen LogP contribution in [0, 0.1) is 0 Å². The maximum atomic E-state index is 4.18. The maximum absolute atomic E-state index is 4.18. The van der Waals surface area contributed by atoms with Gasteiger partial charge in [0, 0.05) is 6.54 Å². The molecule has 0 aromatic rings. The zero-order valence-corrected chi connectivity index (χ0v) is 4.78. The molecule has 0 amide bonds. The SMILES string of the molecule is CCN1CC1S. The van der Waals surface area contributed by atoms with Crippen molar-refractivity contribution in [1.29, 1.82) is 0 Å². The molecule has 0 spiro atoms. The fraction of sp³-hybridized carbons (Fsp3) is 1.00. The van der Waals surface area contributed by atoms with Gasteiger partial charge >= 0.3 is 0 Å². The lowest BCUT2D eigenvalue weighted by Crippen LogP contribution is -1.93. The zero-order chi connectivity index (χ0) is 4.57. The number of hydrogen-bond donors (Lipinski definition) is 1. The third-order valence-corrected chi connectivity index (χ3v) is 1.58. The lowest BCUT2D eigenvalue weighted by atomic mass is 10.8. The molecule has 0 aliphatic carbocycles. The molecule has 1 aliphatic rings. The molecule has 2 heteroatoms. The van der Waals surface area contributed by atoms with Crippen molar-refractivity contribution in [3.8, 4) is 0 Å². The first-order valence-corrected chi connectivity index (χ1v) is 2.78.